The van der Waals surface area contributed by atoms with Crippen LogP contribution in [0.25, 0.3) is 12.2 Å². The summed E-state index contributed by atoms with van der Waals surface area (Å²) in [7, 11) is 0. The molecule has 0 atom stereocenters. The van der Waals surface area contributed by atoms with Gasteiger partial charge >= 0.3 is 10.9 Å². The van der Waals surface area contributed by atoms with Gasteiger partial charge in [-0.2, -0.15) is 0 Å². The minimum absolute atomic E-state index is 0.379. The van der Waals surface area contributed by atoms with Crippen LogP contribution in [0.2, 0.25) is 0 Å². The van der Waals surface area contributed by atoms with Crippen molar-refractivity contribution in [2.75, 3.05) is 0 Å². The zero-order valence-electron chi connectivity index (χ0n) is 11.2. The SMILES string of the molecule is O=C(Cl)Oc1ccc(C=Cc2ccc(OC(=O)Cl)cc2)cc1. The summed E-state index contributed by atoms with van der Waals surface area (Å²) >= 11 is 10.2. The first-order chi connectivity index (χ1) is 10.5. The molecule has 0 unspecified atom stereocenters. The Bertz CT molecular complexity index is 630. The summed E-state index contributed by atoms with van der Waals surface area (Å²) in [6.07, 6.45) is 3.77. The van der Waals surface area contributed by atoms with E-state index in [1.165, 1.54) is 0 Å². The smallest absolute Gasteiger partial charge is 0.409 e. The molecule has 0 aliphatic rings. The van der Waals surface area contributed by atoms with E-state index in [2.05, 4.69) is 0 Å². The molecule has 22 heavy (non-hydrogen) atoms. The third-order valence-corrected chi connectivity index (χ3v) is 2.78. The Morgan fingerprint density at radius 3 is 1.27 bits per heavy atom. The molecule has 0 saturated heterocycles. The molecule has 0 aliphatic heterocycles. The van der Waals surface area contributed by atoms with E-state index < -0.39 is 10.9 Å². The number of hydrogen-bond acceptors (Lipinski definition) is 4. The van der Waals surface area contributed by atoms with Gasteiger partial charge in [0.15, 0.2) is 0 Å². The first-order valence-corrected chi connectivity index (χ1v) is 6.91. The number of rotatable bonds is 4. The molecule has 4 nitrogen and oxygen atoms in total. The van der Waals surface area contributed by atoms with Crippen LogP contribution in [0.3, 0.4) is 0 Å². The van der Waals surface area contributed by atoms with Crippen molar-refractivity contribution in [3.05, 3.63) is 59.7 Å². The summed E-state index contributed by atoms with van der Waals surface area (Å²) in [5.74, 6) is 0.758. The average Bonchev–Trinajstić information content (AvgIpc) is 2.47. The molecular weight excluding hydrogens is 327 g/mol. The van der Waals surface area contributed by atoms with Crippen LogP contribution < -0.4 is 9.47 Å². The van der Waals surface area contributed by atoms with Crippen LogP contribution in [-0.4, -0.2) is 10.9 Å². The van der Waals surface area contributed by atoms with E-state index in [0.29, 0.717) is 11.5 Å². The van der Waals surface area contributed by atoms with Crippen molar-refractivity contribution in [2.24, 2.45) is 0 Å². The molecule has 0 heterocycles. The number of halogens is 2. The van der Waals surface area contributed by atoms with Gasteiger partial charge in [0.1, 0.15) is 11.5 Å². The van der Waals surface area contributed by atoms with Crippen LogP contribution in [0.5, 0.6) is 11.5 Å². The van der Waals surface area contributed by atoms with E-state index in [9.17, 15) is 9.59 Å². The monoisotopic (exact) mass is 336 g/mol. The molecular formula is C16H10Cl2O4. The van der Waals surface area contributed by atoms with Crippen LogP contribution in [0, 0.1) is 0 Å². The second-order valence-electron chi connectivity index (χ2n) is 4.15. The van der Waals surface area contributed by atoms with Crippen molar-refractivity contribution in [3.8, 4) is 11.5 Å². The Morgan fingerprint density at radius 2 is 1.00 bits per heavy atom. The van der Waals surface area contributed by atoms with E-state index in [4.69, 9.17) is 32.7 Å². The van der Waals surface area contributed by atoms with Crippen LogP contribution in [0.15, 0.2) is 48.5 Å². The van der Waals surface area contributed by atoms with Gasteiger partial charge in [-0.1, -0.05) is 36.4 Å². The van der Waals surface area contributed by atoms with Gasteiger partial charge in [0.2, 0.25) is 0 Å². The molecule has 112 valence electrons. The summed E-state index contributed by atoms with van der Waals surface area (Å²) in [6.45, 7) is 0. The van der Waals surface area contributed by atoms with Crippen molar-refractivity contribution < 1.29 is 19.1 Å². The maximum absolute atomic E-state index is 10.6. The average molecular weight is 337 g/mol. The molecule has 0 bridgehead atoms. The van der Waals surface area contributed by atoms with E-state index in [0.717, 1.165) is 11.1 Å². The molecule has 0 saturated carbocycles. The lowest BCUT2D eigenvalue weighted by Crippen LogP contribution is -1.95. The first kappa shape index (κ1) is 16.1. The van der Waals surface area contributed by atoms with Gasteiger partial charge in [-0.25, -0.2) is 9.59 Å². The lowest BCUT2D eigenvalue weighted by atomic mass is 10.1. The summed E-state index contributed by atoms with van der Waals surface area (Å²) in [6, 6.07) is 13.7. The van der Waals surface area contributed by atoms with Gasteiger partial charge in [0.05, 0.1) is 0 Å². The van der Waals surface area contributed by atoms with Crippen LogP contribution in [0.4, 0.5) is 9.59 Å². The van der Waals surface area contributed by atoms with E-state index in [1.807, 2.05) is 12.2 Å². The van der Waals surface area contributed by atoms with E-state index in [-0.39, 0.29) is 0 Å². The molecule has 6 heteroatoms. The second-order valence-corrected chi connectivity index (χ2v) is 4.77. The number of ether oxygens (including phenoxy) is 2. The minimum Gasteiger partial charge on any atom is -0.415 e. The highest BCUT2D eigenvalue weighted by Crippen LogP contribution is 2.17. The third kappa shape index (κ3) is 5.24. The van der Waals surface area contributed by atoms with Crippen molar-refractivity contribution in [1.82, 2.24) is 0 Å². The van der Waals surface area contributed by atoms with Gasteiger partial charge in [-0.3, -0.25) is 0 Å². The van der Waals surface area contributed by atoms with Crippen molar-refractivity contribution >= 4 is 46.2 Å². The number of hydrogen-bond donors (Lipinski definition) is 0. The Hall–Kier alpha value is -2.30. The van der Waals surface area contributed by atoms with E-state index >= 15 is 0 Å². The molecule has 2 aromatic rings. The lowest BCUT2D eigenvalue weighted by molar-refractivity contribution is 0.224. The maximum Gasteiger partial charge on any atom is 0.409 e. The highest BCUT2D eigenvalue weighted by molar-refractivity contribution is 6.61. The maximum atomic E-state index is 10.6. The highest BCUT2D eigenvalue weighted by atomic mass is 35.5. The number of carbonyl (C=O) groups excluding carboxylic acids is 2. The predicted octanol–water partition coefficient (Wildman–Crippen LogP) is 5.33. The van der Waals surface area contributed by atoms with Gasteiger partial charge < -0.3 is 9.47 Å². The normalized spacial score (nSPS) is 10.5. The van der Waals surface area contributed by atoms with Crippen molar-refractivity contribution in [1.29, 1.82) is 0 Å². The molecule has 0 N–H and O–H groups in total. The van der Waals surface area contributed by atoms with Gasteiger partial charge in [-0.15, -0.1) is 0 Å². The fourth-order valence-corrected chi connectivity index (χ4v) is 1.85. The van der Waals surface area contributed by atoms with Crippen LogP contribution >= 0.6 is 23.2 Å². The first-order valence-electron chi connectivity index (χ1n) is 6.16. The highest BCUT2D eigenvalue weighted by Gasteiger charge is 2.00. The lowest BCUT2D eigenvalue weighted by Gasteiger charge is -2.01. The zero-order chi connectivity index (χ0) is 15.9. The molecule has 0 radical (unpaired) electrons. The Morgan fingerprint density at radius 1 is 0.682 bits per heavy atom. The number of carbonyl (C=O) groups is 2. The molecule has 2 rings (SSSR count). The molecule has 2 aromatic carbocycles. The molecule has 0 aliphatic carbocycles. The second kappa shape index (κ2) is 7.64. The largest absolute Gasteiger partial charge is 0.415 e. The van der Waals surface area contributed by atoms with Crippen LogP contribution in [-0.2, 0) is 0 Å². The van der Waals surface area contributed by atoms with Gasteiger partial charge in [0, 0.05) is 23.2 Å². The minimum atomic E-state index is -0.874. The Kier molecular flexibility index (Phi) is 5.58. The molecule has 0 amide bonds. The summed E-state index contributed by atoms with van der Waals surface area (Å²) in [5.41, 5.74) is 0.0957. The topological polar surface area (TPSA) is 52.6 Å². The third-order valence-electron chi connectivity index (χ3n) is 2.62. The standard InChI is InChI=1S/C16H10Cl2O4/c17-15(19)21-13-7-3-11(4-8-13)1-2-12-5-9-14(10-6-12)22-16(18)20/h1-10H. The van der Waals surface area contributed by atoms with E-state index in [1.54, 1.807) is 48.5 Å². The van der Waals surface area contributed by atoms with Gasteiger partial charge in [-0.05, 0) is 35.4 Å². The molecule has 0 spiro atoms. The summed E-state index contributed by atoms with van der Waals surface area (Å²) < 4.78 is 9.45. The molecule has 0 aromatic heterocycles. The zero-order valence-corrected chi connectivity index (χ0v) is 12.7. The van der Waals surface area contributed by atoms with Crippen molar-refractivity contribution in [2.45, 2.75) is 0 Å². The predicted molar refractivity (Wildman–Crippen MR) is 85.6 cm³/mol. The Balaban J connectivity index is 2.01. The fourth-order valence-electron chi connectivity index (χ4n) is 1.67. The number of benzene rings is 2. The fraction of sp³-hybridized carbons (Fsp3) is 0. The summed E-state index contributed by atoms with van der Waals surface area (Å²) in [4.78, 5) is 21.2. The quantitative estimate of drug-likeness (QED) is 0.559. The summed E-state index contributed by atoms with van der Waals surface area (Å²) in [5, 5.41) is 0. The van der Waals surface area contributed by atoms with Crippen LogP contribution in [0.1, 0.15) is 11.1 Å². The van der Waals surface area contributed by atoms with Crippen molar-refractivity contribution in [3.63, 3.8) is 0 Å². The van der Waals surface area contributed by atoms with Gasteiger partial charge in [0.25, 0.3) is 0 Å². The molecule has 0 fully saturated rings. The Labute approximate surface area is 136 Å².